The lowest BCUT2D eigenvalue weighted by atomic mass is 9.92. The summed E-state index contributed by atoms with van der Waals surface area (Å²) in [5.41, 5.74) is 5.26. The van der Waals surface area contributed by atoms with Crippen molar-refractivity contribution in [1.29, 1.82) is 0 Å². The molecule has 0 radical (unpaired) electrons. The lowest BCUT2D eigenvalue weighted by Crippen LogP contribution is -2.43. The van der Waals surface area contributed by atoms with E-state index in [2.05, 4.69) is 20.9 Å². The monoisotopic (exact) mass is 286 g/mol. The summed E-state index contributed by atoms with van der Waals surface area (Å²) in [5.74, 6) is 0.316. The second-order valence-corrected chi connectivity index (χ2v) is 4.80. The Bertz CT molecular complexity index is 438. The van der Waals surface area contributed by atoms with Crippen LogP contribution in [0.2, 0.25) is 0 Å². The first-order valence-corrected chi connectivity index (χ1v) is 5.67. The molecular formula is C11H12BrFN2O. The second-order valence-electron chi connectivity index (χ2n) is 3.89. The highest BCUT2D eigenvalue weighted by molar-refractivity contribution is 9.10. The van der Waals surface area contributed by atoms with E-state index in [1.54, 1.807) is 6.92 Å². The van der Waals surface area contributed by atoms with Gasteiger partial charge in [0.05, 0.1) is 0 Å². The molecule has 86 valence electrons. The number of nitrogens with two attached hydrogens (primary N) is 1. The van der Waals surface area contributed by atoms with Gasteiger partial charge in [0.1, 0.15) is 18.0 Å². The summed E-state index contributed by atoms with van der Waals surface area (Å²) in [5, 5.41) is 0. The molecule has 1 aromatic carbocycles. The maximum atomic E-state index is 13.8. The molecule has 3 nitrogen and oxygen atoms in total. The van der Waals surface area contributed by atoms with Crippen molar-refractivity contribution in [1.82, 2.24) is 0 Å². The summed E-state index contributed by atoms with van der Waals surface area (Å²) in [4.78, 5) is 4.18. The molecule has 0 fully saturated rings. The summed E-state index contributed by atoms with van der Waals surface area (Å²) in [6.07, 6.45) is -1.48. The predicted molar refractivity (Wildman–Crippen MR) is 64.0 cm³/mol. The Hall–Kier alpha value is -0.940. The number of rotatable bonds is 1. The zero-order chi connectivity index (χ0) is 11.8. The molecule has 2 N–H and O–H groups in total. The third-order valence-electron chi connectivity index (χ3n) is 2.60. The van der Waals surface area contributed by atoms with Crippen molar-refractivity contribution in [2.45, 2.75) is 18.8 Å². The molecule has 0 bridgehead atoms. The van der Waals surface area contributed by atoms with Crippen LogP contribution in [0.25, 0.3) is 0 Å². The average Bonchev–Trinajstić information content (AvgIpc) is 2.24. The van der Waals surface area contributed by atoms with E-state index < -0.39 is 11.9 Å². The van der Waals surface area contributed by atoms with Gasteiger partial charge in [-0.15, -0.1) is 0 Å². The SMILES string of the molecule is C[C@@]1(c2cccc(Br)c2)N=C(N)CO[C@@H]1F. The maximum absolute atomic E-state index is 13.8. The molecule has 5 heteroatoms. The van der Waals surface area contributed by atoms with Gasteiger partial charge in [-0.3, -0.25) is 4.99 Å². The molecule has 0 aliphatic carbocycles. The molecule has 2 rings (SSSR count). The average molecular weight is 287 g/mol. The molecule has 1 heterocycles. The van der Waals surface area contributed by atoms with Gasteiger partial charge in [0.25, 0.3) is 0 Å². The highest BCUT2D eigenvalue weighted by atomic mass is 79.9. The molecule has 1 aromatic rings. The van der Waals surface area contributed by atoms with Crippen molar-refractivity contribution in [3.05, 3.63) is 34.3 Å². The number of halogens is 2. The number of benzene rings is 1. The Kier molecular flexibility index (Phi) is 2.99. The van der Waals surface area contributed by atoms with Gasteiger partial charge in [-0.05, 0) is 24.6 Å². The van der Waals surface area contributed by atoms with Gasteiger partial charge < -0.3 is 10.5 Å². The lowest BCUT2D eigenvalue weighted by Gasteiger charge is -2.33. The fourth-order valence-electron chi connectivity index (χ4n) is 1.70. The number of amidine groups is 1. The predicted octanol–water partition coefficient (Wildman–Crippen LogP) is 2.35. The molecule has 0 saturated heterocycles. The third-order valence-corrected chi connectivity index (χ3v) is 3.10. The number of alkyl halides is 1. The Labute approximate surface area is 102 Å². The first-order valence-electron chi connectivity index (χ1n) is 4.88. The van der Waals surface area contributed by atoms with Crippen LogP contribution in [-0.2, 0) is 10.3 Å². The number of hydrogen-bond donors (Lipinski definition) is 1. The van der Waals surface area contributed by atoms with Gasteiger partial charge >= 0.3 is 0 Å². The molecule has 0 spiro atoms. The Morgan fingerprint density at radius 3 is 3.06 bits per heavy atom. The number of ether oxygens (including phenoxy) is 1. The normalized spacial score (nSPS) is 29.9. The minimum Gasteiger partial charge on any atom is -0.385 e. The lowest BCUT2D eigenvalue weighted by molar-refractivity contribution is -0.0796. The minimum atomic E-state index is -1.48. The summed E-state index contributed by atoms with van der Waals surface area (Å²) in [6.45, 7) is 1.72. The van der Waals surface area contributed by atoms with Gasteiger partial charge in [0.15, 0.2) is 0 Å². The number of nitrogens with zero attached hydrogens (tertiary/aromatic N) is 1. The Morgan fingerprint density at radius 1 is 1.62 bits per heavy atom. The molecule has 1 aliphatic rings. The van der Waals surface area contributed by atoms with Gasteiger partial charge in [-0.25, -0.2) is 4.39 Å². The van der Waals surface area contributed by atoms with E-state index in [-0.39, 0.29) is 6.61 Å². The summed E-state index contributed by atoms with van der Waals surface area (Å²) < 4.78 is 19.7. The molecule has 0 amide bonds. The smallest absolute Gasteiger partial charge is 0.228 e. The summed E-state index contributed by atoms with van der Waals surface area (Å²) >= 11 is 3.34. The van der Waals surface area contributed by atoms with Crippen molar-refractivity contribution in [3.63, 3.8) is 0 Å². The van der Waals surface area contributed by atoms with E-state index in [0.29, 0.717) is 5.84 Å². The Balaban J connectivity index is 2.47. The van der Waals surface area contributed by atoms with E-state index in [1.165, 1.54) is 0 Å². The fourth-order valence-corrected chi connectivity index (χ4v) is 2.10. The highest BCUT2D eigenvalue weighted by Gasteiger charge is 2.40. The second kappa shape index (κ2) is 4.14. The van der Waals surface area contributed by atoms with Crippen LogP contribution in [0, 0.1) is 0 Å². The Morgan fingerprint density at radius 2 is 2.38 bits per heavy atom. The van der Waals surface area contributed by atoms with Crippen LogP contribution in [0.3, 0.4) is 0 Å². The van der Waals surface area contributed by atoms with E-state index in [9.17, 15) is 4.39 Å². The van der Waals surface area contributed by atoms with E-state index in [0.717, 1.165) is 10.0 Å². The third kappa shape index (κ3) is 1.97. The largest absolute Gasteiger partial charge is 0.385 e. The zero-order valence-corrected chi connectivity index (χ0v) is 10.4. The molecular weight excluding hydrogens is 275 g/mol. The molecule has 0 aromatic heterocycles. The number of aliphatic imine (C=N–C) groups is 1. The first-order chi connectivity index (χ1) is 7.52. The first kappa shape index (κ1) is 11.5. The van der Waals surface area contributed by atoms with Crippen molar-refractivity contribution in [2.75, 3.05) is 6.61 Å². The number of hydrogen-bond acceptors (Lipinski definition) is 3. The maximum Gasteiger partial charge on any atom is 0.228 e. The van der Waals surface area contributed by atoms with Gasteiger partial charge in [-0.1, -0.05) is 28.1 Å². The van der Waals surface area contributed by atoms with Crippen LogP contribution >= 0.6 is 15.9 Å². The molecule has 0 unspecified atom stereocenters. The molecule has 2 atom stereocenters. The fraction of sp³-hybridized carbons (Fsp3) is 0.364. The van der Waals surface area contributed by atoms with Crippen LogP contribution in [0.1, 0.15) is 12.5 Å². The van der Waals surface area contributed by atoms with Crippen molar-refractivity contribution >= 4 is 21.8 Å². The van der Waals surface area contributed by atoms with Crippen molar-refractivity contribution in [3.8, 4) is 0 Å². The van der Waals surface area contributed by atoms with Crippen molar-refractivity contribution in [2.24, 2.45) is 10.7 Å². The van der Waals surface area contributed by atoms with Crippen LogP contribution in [0.4, 0.5) is 4.39 Å². The van der Waals surface area contributed by atoms with Crippen molar-refractivity contribution < 1.29 is 9.13 Å². The van der Waals surface area contributed by atoms with Crippen LogP contribution in [0.15, 0.2) is 33.7 Å². The van der Waals surface area contributed by atoms with E-state index in [4.69, 9.17) is 10.5 Å². The minimum absolute atomic E-state index is 0.0464. The van der Waals surface area contributed by atoms with Gasteiger partial charge in [0.2, 0.25) is 6.36 Å². The summed E-state index contributed by atoms with van der Waals surface area (Å²) in [7, 11) is 0. The van der Waals surface area contributed by atoms with Crippen LogP contribution in [0.5, 0.6) is 0 Å². The van der Waals surface area contributed by atoms with Gasteiger partial charge in [-0.2, -0.15) is 0 Å². The summed E-state index contributed by atoms with van der Waals surface area (Å²) in [6, 6.07) is 7.33. The van der Waals surface area contributed by atoms with Crippen LogP contribution < -0.4 is 5.73 Å². The van der Waals surface area contributed by atoms with Crippen LogP contribution in [-0.4, -0.2) is 18.8 Å². The zero-order valence-electron chi connectivity index (χ0n) is 8.78. The van der Waals surface area contributed by atoms with E-state index in [1.807, 2.05) is 24.3 Å². The molecule has 16 heavy (non-hydrogen) atoms. The van der Waals surface area contributed by atoms with E-state index >= 15 is 0 Å². The highest BCUT2D eigenvalue weighted by Crippen LogP contribution is 2.35. The molecule has 1 aliphatic heterocycles. The molecule has 0 saturated carbocycles. The van der Waals surface area contributed by atoms with Gasteiger partial charge in [0, 0.05) is 4.47 Å². The standard InChI is InChI=1S/C11H12BrFN2O/c1-11(7-3-2-4-8(12)5-7)10(13)16-6-9(14)15-11/h2-5,10H,6H2,1H3,(H2,14,15)/t10-,11-/m0/s1. The quantitative estimate of drug-likeness (QED) is 0.862. The topological polar surface area (TPSA) is 47.6 Å².